The van der Waals surface area contributed by atoms with Gasteiger partial charge in [0.25, 0.3) is 0 Å². The third kappa shape index (κ3) is 5.68. The third-order valence-corrected chi connectivity index (χ3v) is 2.82. The topological polar surface area (TPSA) is 26.3 Å². The molecule has 0 saturated heterocycles. The summed E-state index contributed by atoms with van der Waals surface area (Å²) in [6, 6.07) is 0. The predicted molar refractivity (Wildman–Crippen MR) is 54.1 cm³/mol. The highest BCUT2D eigenvalue weighted by Gasteiger charge is 2.12. The Balaban J connectivity index is 3.68. The zero-order chi connectivity index (χ0) is 9.72. The molecule has 0 saturated carbocycles. The molecule has 0 fully saturated rings. The van der Waals surface area contributed by atoms with Crippen LogP contribution in [0.1, 0.15) is 34.6 Å². The van der Waals surface area contributed by atoms with Gasteiger partial charge in [-0.05, 0) is 26.4 Å². The van der Waals surface area contributed by atoms with E-state index in [4.69, 9.17) is 4.74 Å². The fourth-order valence-corrected chi connectivity index (χ4v) is 2.13. The quantitative estimate of drug-likeness (QED) is 0.622. The van der Waals surface area contributed by atoms with Crippen LogP contribution in [-0.2, 0) is 9.53 Å². The van der Waals surface area contributed by atoms with Crippen molar-refractivity contribution in [3.63, 3.8) is 0 Å². The highest BCUT2D eigenvalue weighted by Crippen LogP contribution is 2.26. The summed E-state index contributed by atoms with van der Waals surface area (Å²) in [6.45, 7) is 9.73. The molecule has 0 bridgehead atoms. The Kier molecular flexibility index (Phi) is 5.69. The van der Waals surface area contributed by atoms with Crippen molar-refractivity contribution in [3.8, 4) is 0 Å². The molecule has 0 aliphatic carbocycles. The van der Waals surface area contributed by atoms with Gasteiger partial charge in [-0.3, -0.25) is 4.79 Å². The number of carbonyl (C=O) groups excluding carboxylic acids is 1. The monoisotopic (exact) mass is 190 g/mol. The van der Waals surface area contributed by atoms with E-state index in [0.29, 0.717) is 5.66 Å². The molecule has 0 radical (unpaired) electrons. The van der Waals surface area contributed by atoms with Crippen LogP contribution >= 0.6 is 8.58 Å². The van der Waals surface area contributed by atoms with E-state index in [1.807, 2.05) is 13.8 Å². The van der Waals surface area contributed by atoms with Gasteiger partial charge in [0.05, 0.1) is 5.85 Å². The van der Waals surface area contributed by atoms with E-state index in [1.165, 1.54) is 0 Å². The summed E-state index contributed by atoms with van der Waals surface area (Å²) in [6.07, 6.45) is -0.244. The molecule has 12 heavy (non-hydrogen) atoms. The maximum Gasteiger partial charge on any atom is 0.158 e. The highest BCUT2D eigenvalue weighted by molar-refractivity contribution is 7.39. The average molecular weight is 190 g/mol. The standard InChI is InChI=1S/C9H19O2P/c1-6(2)12-9(5)11-8(4)7(3)10/h6,8-9,12H,1-5H3. The van der Waals surface area contributed by atoms with Crippen LogP contribution in [0, 0.1) is 0 Å². The molecular formula is C9H19O2P. The maximum atomic E-state index is 10.8. The third-order valence-electron chi connectivity index (χ3n) is 1.55. The first-order chi connectivity index (χ1) is 5.43. The molecule has 3 heteroatoms. The van der Waals surface area contributed by atoms with Crippen molar-refractivity contribution in [1.29, 1.82) is 0 Å². The Morgan fingerprint density at radius 1 is 1.25 bits per heavy atom. The molecule has 0 aromatic rings. The molecule has 3 atom stereocenters. The molecule has 3 unspecified atom stereocenters. The molecule has 0 aliphatic rings. The van der Waals surface area contributed by atoms with Gasteiger partial charge in [0.2, 0.25) is 0 Å². The second-order valence-electron chi connectivity index (χ2n) is 3.35. The van der Waals surface area contributed by atoms with Gasteiger partial charge in [0.1, 0.15) is 6.10 Å². The fourth-order valence-electron chi connectivity index (χ4n) is 0.911. The van der Waals surface area contributed by atoms with E-state index in [2.05, 4.69) is 13.8 Å². The highest BCUT2D eigenvalue weighted by atomic mass is 31.1. The molecule has 72 valence electrons. The molecule has 0 heterocycles. The van der Waals surface area contributed by atoms with Crippen molar-refractivity contribution >= 4 is 14.4 Å². The Morgan fingerprint density at radius 2 is 1.75 bits per heavy atom. The number of hydrogen-bond donors (Lipinski definition) is 0. The molecule has 0 aromatic heterocycles. The minimum Gasteiger partial charge on any atom is -0.364 e. The van der Waals surface area contributed by atoms with Gasteiger partial charge in [-0.2, -0.15) is 0 Å². The lowest BCUT2D eigenvalue weighted by molar-refractivity contribution is -0.127. The summed E-state index contributed by atoms with van der Waals surface area (Å²) in [5.41, 5.74) is 0.652. The van der Waals surface area contributed by atoms with Crippen molar-refractivity contribution in [1.82, 2.24) is 0 Å². The number of hydrogen-bond acceptors (Lipinski definition) is 2. The van der Waals surface area contributed by atoms with Gasteiger partial charge in [-0.15, -0.1) is 0 Å². The summed E-state index contributed by atoms with van der Waals surface area (Å²) in [5, 5.41) is 0. The normalized spacial score (nSPS) is 17.2. The van der Waals surface area contributed by atoms with Gasteiger partial charge in [-0.25, -0.2) is 0 Å². The second kappa shape index (κ2) is 5.66. The van der Waals surface area contributed by atoms with Crippen LogP contribution in [-0.4, -0.2) is 23.4 Å². The van der Waals surface area contributed by atoms with E-state index in [1.54, 1.807) is 6.92 Å². The molecule has 0 aromatic carbocycles. The van der Waals surface area contributed by atoms with Crippen LogP contribution in [0.3, 0.4) is 0 Å². The van der Waals surface area contributed by atoms with Crippen molar-refractivity contribution in [2.75, 3.05) is 0 Å². The zero-order valence-corrected chi connectivity index (χ0v) is 9.55. The average Bonchev–Trinajstić information content (AvgIpc) is 1.84. The molecule has 0 spiro atoms. The van der Waals surface area contributed by atoms with Crippen LogP contribution in [0.15, 0.2) is 0 Å². The Morgan fingerprint density at radius 3 is 2.08 bits per heavy atom. The van der Waals surface area contributed by atoms with Crippen molar-refractivity contribution in [3.05, 3.63) is 0 Å². The smallest absolute Gasteiger partial charge is 0.158 e. The molecule has 0 aliphatic heterocycles. The lowest BCUT2D eigenvalue weighted by Gasteiger charge is -2.18. The van der Waals surface area contributed by atoms with Gasteiger partial charge >= 0.3 is 0 Å². The summed E-state index contributed by atoms with van der Waals surface area (Å²) >= 11 is 0. The zero-order valence-electron chi connectivity index (χ0n) is 8.55. The molecule has 0 amide bonds. The largest absolute Gasteiger partial charge is 0.364 e. The molecule has 0 N–H and O–H groups in total. The van der Waals surface area contributed by atoms with Crippen LogP contribution < -0.4 is 0 Å². The summed E-state index contributed by atoms with van der Waals surface area (Å²) in [4.78, 5) is 10.8. The fraction of sp³-hybridized carbons (Fsp3) is 0.889. The first kappa shape index (κ1) is 12.1. The van der Waals surface area contributed by atoms with Gasteiger partial charge < -0.3 is 4.74 Å². The van der Waals surface area contributed by atoms with E-state index in [0.717, 1.165) is 8.58 Å². The first-order valence-electron chi connectivity index (χ1n) is 4.35. The number of rotatable bonds is 5. The summed E-state index contributed by atoms with van der Waals surface area (Å²) < 4.78 is 5.49. The van der Waals surface area contributed by atoms with Crippen LogP contribution in [0.25, 0.3) is 0 Å². The van der Waals surface area contributed by atoms with E-state index < -0.39 is 0 Å². The van der Waals surface area contributed by atoms with E-state index >= 15 is 0 Å². The Hall–Kier alpha value is 0.0600. The van der Waals surface area contributed by atoms with E-state index in [-0.39, 0.29) is 17.7 Å². The predicted octanol–water partition coefficient (Wildman–Crippen LogP) is 2.41. The molecule has 0 rings (SSSR count). The lowest BCUT2D eigenvalue weighted by Crippen LogP contribution is -2.21. The number of Topliss-reactive ketones (excluding diaryl/α,β-unsaturated/α-hetero) is 1. The number of carbonyl (C=O) groups is 1. The van der Waals surface area contributed by atoms with Crippen LogP contribution in [0.4, 0.5) is 0 Å². The lowest BCUT2D eigenvalue weighted by atomic mass is 10.3. The van der Waals surface area contributed by atoms with Crippen molar-refractivity contribution in [2.24, 2.45) is 0 Å². The summed E-state index contributed by atoms with van der Waals surface area (Å²) in [7, 11) is 0.773. The SMILES string of the molecule is CC(=O)C(C)OC(C)PC(C)C. The van der Waals surface area contributed by atoms with Gasteiger partial charge in [0.15, 0.2) is 5.78 Å². The van der Waals surface area contributed by atoms with Crippen LogP contribution in [0.2, 0.25) is 0 Å². The molecule has 2 nitrogen and oxygen atoms in total. The van der Waals surface area contributed by atoms with Crippen molar-refractivity contribution in [2.45, 2.75) is 52.2 Å². The second-order valence-corrected chi connectivity index (χ2v) is 5.65. The van der Waals surface area contributed by atoms with E-state index in [9.17, 15) is 4.79 Å². The maximum absolute atomic E-state index is 10.8. The van der Waals surface area contributed by atoms with Gasteiger partial charge in [0, 0.05) is 0 Å². The Labute approximate surface area is 76.8 Å². The Bertz CT molecular complexity index is 145. The first-order valence-corrected chi connectivity index (χ1v) is 5.51. The van der Waals surface area contributed by atoms with Crippen LogP contribution in [0.5, 0.6) is 0 Å². The van der Waals surface area contributed by atoms with Crippen molar-refractivity contribution < 1.29 is 9.53 Å². The number of ketones is 1. The van der Waals surface area contributed by atoms with Gasteiger partial charge in [-0.1, -0.05) is 22.4 Å². The number of ether oxygens (including phenoxy) is 1. The molecular weight excluding hydrogens is 171 g/mol. The summed E-state index contributed by atoms with van der Waals surface area (Å²) in [5.74, 6) is 0.319. The minimum absolute atomic E-state index is 0.107. The minimum atomic E-state index is -0.244.